The van der Waals surface area contributed by atoms with Crippen LogP contribution in [0.1, 0.15) is 0 Å². The highest BCUT2D eigenvalue weighted by molar-refractivity contribution is 6.30. The van der Waals surface area contributed by atoms with Gasteiger partial charge in [0.1, 0.15) is 6.20 Å². The number of imidazole rings is 1. The van der Waals surface area contributed by atoms with Gasteiger partial charge in [-0.2, -0.15) is 4.52 Å². The minimum absolute atomic E-state index is 0.134. The first-order chi connectivity index (χ1) is 9.08. The van der Waals surface area contributed by atoms with E-state index in [9.17, 15) is 10.1 Å². The van der Waals surface area contributed by atoms with Crippen molar-refractivity contribution in [3.63, 3.8) is 0 Å². The van der Waals surface area contributed by atoms with Gasteiger partial charge in [0.15, 0.2) is 11.3 Å². The molecule has 96 valence electrons. The lowest BCUT2D eigenvalue weighted by atomic mass is 10.4. The van der Waals surface area contributed by atoms with E-state index in [0.717, 1.165) is 6.20 Å². The van der Waals surface area contributed by atoms with E-state index in [1.54, 1.807) is 0 Å². The van der Waals surface area contributed by atoms with Crippen LogP contribution in [0.15, 0.2) is 18.6 Å². The summed E-state index contributed by atoms with van der Waals surface area (Å²) in [5, 5.41) is 19.0. The maximum Gasteiger partial charge on any atom is 0.342 e. The summed E-state index contributed by atoms with van der Waals surface area (Å²) >= 11 is 5.79. The molecule has 0 N–H and O–H groups in total. The van der Waals surface area contributed by atoms with E-state index in [4.69, 9.17) is 11.6 Å². The van der Waals surface area contributed by atoms with E-state index < -0.39 is 4.92 Å². The maximum atomic E-state index is 10.8. The molecule has 3 aromatic rings. The first-order valence-electron chi connectivity index (χ1n) is 5.11. The van der Waals surface area contributed by atoms with Crippen molar-refractivity contribution in [2.45, 2.75) is 0 Å². The molecule has 0 aromatic carbocycles. The first-order valence-corrected chi connectivity index (χ1v) is 5.49. The van der Waals surface area contributed by atoms with Crippen LogP contribution in [-0.4, -0.2) is 34.3 Å². The highest BCUT2D eigenvalue weighted by atomic mass is 35.5. The Bertz CT molecular complexity index is 793. The normalized spacial score (nSPS) is 11.1. The number of hydrogen-bond acceptors (Lipinski definition) is 6. The second kappa shape index (κ2) is 3.99. The lowest BCUT2D eigenvalue weighted by Gasteiger charge is -1.96. The standard InChI is InChI=1S/C9H6ClN7O2/c1-15-6(17(18)19)3-12-8(15)7-9-11-2-5(10)4-16(9)14-13-7/h2-4H,1H3. The monoisotopic (exact) mass is 279 g/mol. The van der Waals surface area contributed by atoms with Gasteiger partial charge in [0.25, 0.3) is 5.82 Å². The van der Waals surface area contributed by atoms with Crippen LogP contribution in [-0.2, 0) is 7.05 Å². The Balaban J connectivity index is 2.22. The third-order valence-electron chi connectivity index (χ3n) is 2.59. The molecule has 0 fully saturated rings. The Morgan fingerprint density at radius 3 is 2.84 bits per heavy atom. The molecule has 0 atom stereocenters. The molecule has 0 unspecified atom stereocenters. The van der Waals surface area contributed by atoms with Crippen molar-refractivity contribution in [2.75, 3.05) is 0 Å². The van der Waals surface area contributed by atoms with Crippen LogP contribution in [0.4, 0.5) is 5.82 Å². The van der Waals surface area contributed by atoms with Gasteiger partial charge in [0.05, 0.1) is 18.3 Å². The Morgan fingerprint density at radius 1 is 1.37 bits per heavy atom. The van der Waals surface area contributed by atoms with Gasteiger partial charge in [0.2, 0.25) is 0 Å². The molecule has 0 saturated carbocycles. The summed E-state index contributed by atoms with van der Waals surface area (Å²) in [6.07, 6.45) is 4.15. The van der Waals surface area contributed by atoms with Gasteiger partial charge in [-0.15, -0.1) is 5.10 Å². The Hall–Kier alpha value is -2.55. The smallest absolute Gasteiger partial charge is 0.342 e. The number of hydrogen-bond donors (Lipinski definition) is 0. The topological polar surface area (TPSA) is 104 Å². The minimum Gasteiger partial charge on any atom is -0.358 e. The molecule has 3 aromatic heterocycles. The average Bonchev–Trinajstić information content (AvgIpc) is 2.91. The molecule has 9 nitrogen and oxygen atoms in total. The van der Waals surface area contributed by atoms with Gasteiger partial charge in [-0.3, -0.25) is 0 Å². The predicted octanol–water partition coefficient (Wildman–Crippen LogP) is 1.09. The number of fused-ring (bicyclic) bond motifs is 1. The third-order valence-corrected chi connectivity index (χ3v) is 2.78. The SMILES string of the molecule is Cn1c([N+](=O)[O-])cnc1-c1nnn2cc(Cl)cnc12. The Labute approximate surface area is 110 Å². The maximum absolute atomic E-state index is 10.8. The van der Waals surface area contributed by atoms with Gasteiger partial charge >= 0.3 is 5.82 Å². The summed E-state index contributed by atoms with van der Waals surface area (Å²) in [5.41, 5.74) is 0.778. The summed E-state index contributed by atoms with van der Waals surface area (Å²) < 4.78 is 2.71. The molecule has 3 rings (SSSR count). The van der Waals surface area contributed by atoms with Crippen LogP contribution in [0.25, 0.3) is 17.2 Å². The number of nitro groups is 1. The van der Waals surface area contributed by atoms with Gasteiger partial charge < -0.3 is 10.1 Å². The van der Waals surface area contributed by atoms with Crippen molar-refractivity contribution in [3.8, 4) is 11.5 Å². The van der Waals surface area contributed by atoms with Crippen molar-refractivity contribution < 1.29 is 4.92 Å². The van der Waals surface area contributed by atoms with E-state index in [1.165, 1.54) is 28.5 Å². The van der Waals surface area contributed by atoms with E-state index in [2.05, 4.69) is 20.3 Å². The predicted molar refractivity (Wildman–Crippen MR) is 64.6 cm³/mol. The lowest BCUT2D eigenvalue weighted by molar-refractivity contribution is -0.391. The Morgan fingerprint density at radius 2 is 2.16 bits per heavy atom. The van der Waals surface area contributed by atoms with E-state index in [1.807, 2.05) is 0 Å². The number of halogens is 1. The van der Waals surface area contributed by atoms with Crippen LogP contribution < -0.4 is 0 Å². The van der Waals surface area contributed by atoms with Crippen molar-refractivity contribution in [3.05, 3.63) is 33.7 Å². The van der Waals surface area contributed by atoms with Gasteiger partial charge in [0, 0.05) is 6.20 Å². The number of aromatic nitrogens is 6. The lowest BCUT2D eigenvalue weighted by Crippen LogP contribution is -1.99. The van der Waals surface area contributed by atoms with Crippen molar-refractivity contribution in [1.82, 2.24) is 29.4 Å². The second-order valence-electron chi connectivity index (χ2n) is 3.73. The largest absolute Gasteiger partial charge is 0.358 e. The number of nitrogens with zero attached hydrogens (tertiary/aromatic N) is 7. The molecule has 0 saturated heterocycles. The van der Waals surface area contributed by atoms with Crippen molar-refractivity contribution in [1.29, 1.82) is 0 Å². The molecule has 0 radical (unpaired) electrons. The summed E-state index contributed by atoms with van der Waals surface area (Å²) in [4.78, 5) is 18.3. The van der Waals surface area contributed by atoms with E-state index in [0.29, 0.717) is 22.2 Å². The molecule has 19 heavy (non-hydrogen) atoms. The quantitative estimate of drug-likeness (QED) is 0.513. The molecule has 0 bridgehead atoms. The molecular formula is C9H6ClN7O2. The molecule has 3 heterocycles. The fourth-order valence-electron chi connectivity index (χ4n) is 1.70. The molecule has 0 spiro atoms. The summed E-state index contributed by atoms with van der Waals surface area (Å²) in [5.74, 6) is 0.182. The third kappa shape index (κ3) is 1.71. The van der Waals surface area contributed by atoms with Crippen LogP contribution in [0.3, 0.4) is 0 Å². The second-order valence-corrected chi connectivity index (χ2v) is 4.17. The van der Waals surface area contributed by atoms with Crippen LogP contribution >= 0.6 is 11.6 Å². The van der Waals surface area contributed by atoms with Gasteiger partial charge in [-0.05, 0) is 4.92 Å². The van der Waals surface area contributed by atoms with Crippen molar-refractivity contribution >= 4 is 23.1 Å². The molecule has 0 aliphatic heterocycles. The zero-order valence-electron chi connectivity index (χ0n) is 9.56. The summed E-state index contributed by atoms with van der Waals surface area (Å²) in [7, 11) is 1.53. The van der Waals surface area contributed by atoms with Gasteiger partial charge in [-0.1, -0.05) is 16.8 Å². The fraction of sp³-hybridized carbons (Fsp3) is 0.111. The van der Waals surface area contributed by atoms with Gasteiger partial charge in [-0.25, -0.2) is 14.5 Å². The molecular weight excluding hydrogens is 274 g/mol. The molecule has 0 aliphatic carbocycles. The molecule has 10 heteroatoms. The fourth-order valence-corrected chi connectivity index (χ4v) is 1.84. The van der Waals surface area contributed by atoms with E-state index >= 15 is 0 Å². The average molecular weight is 280 g/mol. The molecule has 0 aliphatic rings. The summed E-state index contributed by atoms with van der Waals surface area (Å²) in [6.45, 7) is 0. The van der Waals surface area contributed by atoms with Crippen LogP contribution in [0, 0.1) is 10.1 Å². The zero-order chi connectivity index (χ0) is 13.6. The zero-order valence-corrected chi connectivity index (χ0v) is 10.3. The summed E-state index contributed by atoms with van der Waals surface area (Å²) in [6, 6.07) is 0. The first kappa shape index (κ1) is 11.5. The molecule has 0 amide bonds. The highest BCUT2D eigenvalue weighted by Gasteiger charge is 2.23. The number of rotatable bonds is 2. The van der Waals surface area contributed by atoms with E-state index in [-0.39, 0.29) is 5.82 Å². The van der Waals surface area contributed by atoms with Crippen molar-refractivity contribution in [2.24, 2.45) is 7.05 Å². The Kier molecular flexibility index (Phi) is 2.42. The minimum atomic E-state index is -0.521. The van der Waals surface area contributed by atoms with Crippen LogP contribution in [0.5, 0.6) is 0 Å². The van der Waals surface area contributed by atoms with Crippen LogP contribution in [0.2, 0.25) is 5.02 Å². The highest BCUT2D eigenvalue weighted by Crippen LogP contribution is 2.23.